The Morgan fingerprint density at radius 3 is 2.61 bits per heavy atom. The van der Waals surface area contributed by atoms with Crippen LogP contribution in [-0.4, -0.2) is 75.9 Å². The first-order chi connectivity index (χ1) is 8.39. The molecule has 0 spiro atoms. The Bertz CT molecular complexity index is 226. The van der Waals surface area contributed by atoms with Crippen LogP contribution in [0.25, 0.3) is 0 Å². The SMILES string of the molecule is CN(C)CCOCCN1CCNC(C(C)(C)C)C1. The van der Waals surface area contributed by atoms with Crippen LogP contribution in [0.2, 0.25) is 0 Å². The Balaban J connectivity index is 2.15. The zero-order valence-corrected chi connectivity index (χ0v) is 12.8. The molecule has 1 fully saturated rings. The topological polar surface area (TPSA) is 27.7 Å². The Hall–Kier alpha value is -0.160. The fourth-order valence-corrected chi connectivity index (χ4v) is 2.14. The quantitative estimate of drug-likeness (QED) is 0.715. The number of nitrogens with zero attached hydrogens (tertiary/aromatic N) is 2. The van der Waals surface area contributed by atoms with Crippen molar-refractivity contribution in [3.63, 3.8) is 0 Å². The second kappa shape index (κ2) is 7.43. The molecule has 0 amide bonds. The number of nitrogens with one attached hydrogen (secondary N) is 1. The summed E-state index contributed by atoms with van der Waals surface area (Å²) >= 11 is 0. The standard InChI is InChI=1S/C14H31N3O/c1-14(2,3)13-12-17(7-6-15-13)9-11-18-10-8-16(4)5/h13,15H,6-12H2,1-5H3. The first-order valence-corrected chi connectivity index (χ1v) is 7.08. The Kier molecular flexibility index (Phi) is 6.57. The van der Waals surface area contributed by atoms with Crippen molar-refractivity contribution in [1.82, 2.24) is 15.1 Å². The predicted molar refractivity (Wildman–Crippen MR) is 77.1 cm³/mol. The average Bonchev–Trinajstić information content (AvgIpc) is 2.27. The van der Waals surface area contributed by atoms with Crippen molar-refractivity contribution in [1.29, 1.82) is 0 Å². The van der Waals surface area contributed by atoms with E-state index in [0.29, 0.717) is 11.5 Å². The van der Waals surface area contributed by atoms with Gasteiger partial charge in [-0.05, 0) is 19.5 Å². The molecule has 0 bridgehead atoms. The Morgan fingerprint density at radius 1 is 1.28 bits per heavy atom. The van der Waals surface area contributed by atoms with Crippen LogP contribution in [0.4, 0.5) is 0 Å². The summed E-state index contributed by atoms with van der Waals surface area (Å²) in [5.74, 6) is 0. The van der Waals surface area contributed by atoms with E-state index in [0.717, 1.165) is 45.9 Å². The maximum absolute atomic E-state index is 5.66. The van der Waals surface area contributed by atoms with Crippen molar-refractivity contribution in [2.24, 2.45) is 5.41 Å². The van der Waals surface area contributed by atoms with E-state index in [9.17, 15) is 0 Å². The van der Waals surface area contributed by atoms with Gasteiger partial charge in [-0.1, -0.05) is 20.8 Å². The summed E-state index contributed by atoms with van der Waals surface area (Å²) in [6, 6.07) is 0.591. The van der Waals surface area contributed by atoms with Gasteiger partial charge in [0, 0.05) is 38.8 Å². The van der Waals surface area contributed by atoms with E-state index in [1.807, 2.05) is 0 Å². The molecule has 1 atom stereocenters. The van der Waals surface area contributed by atoms with Crippen molar-refractivity contribution in [2.45, 2.75) is 26.8 Å². The van der Waals surface area contributed by atoms with Crippen LogP contribution in [0.5, 0.6) is 0 Å². The van der Waals surface area contributed by atoms with E-state index in [2.05, 4.69) is 50.0 Å². The molecule has 0 aliphatic carbocycles. The molecule has 0 radical (unpaired) electrons. The monoisotopic (exact) mass is 257 g/mol. The highest BCUT2D eigenvalue weighted by Gasteiger charge is 2.28. The molecule has 0 aromatic carbocycles. The van der Waals surface area contributed by atoms with Gasteiger partial charge in [0.05, 0.1) is 13.2 Å². The molecule has 1 heterocycles. The van der Waals surface area contributed by atoms with Crippen LogP contribution in [0.3, 0.4) is 0 Å². The van der Waals surface area contributed by atoms with Gasteiger partial charge in [0.1, 0.15) is 0 Å². The summed E-state index contributed by atoms with van der Waals surface area (Å²) in [5, 5.41) is 3.62. The van der Waals surface area contributed by atoms with Crippen LogP contribution in [0, 0.1) is 5.41 Å². The maximum atomic E-state index is 5.66. The van der Waals surface area contributed by atoms with Gasteiger partial charge in [0.2, 0.25) is 0 Å². The summed E-state index contributed by atoms with van der Waals surface area (Å²) in [6.07, 6.45) is 0. The second-order valence-corrected chi connectivity index (χ2v) is 6.59. The third-order valence-corrected chi connectivity index (χ3v) is 3.54. The third-order valence-electron chi connectivity index (χ3n) is 3.54. The number of piperazine rings is 1. The maximum Gasteiger partial charge on any atom is 0.0594 e. The molecule has 4 nitrogen and oxygen atoms in total. The highest BCUT2D eigenvalue weighted by Crippen LogP contribution is 2.21. The average molecular weight is 257 g/mol. The minimum absolute atomic E-state index is 0.338. The van der Waals surface area contributed by atoms with Gasteiger partial charge in [0.15, 0.2) is 0 Å². The molecule has 4 heteroatoms. The van der Waals surface area contributed by atoms with E-state index in [4.69, 9.17) is 4.74 Å². The molecule has 1 N–H and O–H groups in total. The predicted octanol–water partition coefficient (Wildman–Crippen LogP) is 0.885. The van der Waals surface area contributed by atoms with Gasteiger partial charge < -0.3 is 15.0 Å². The van der Waals surface area contributed by atoms with Crippen molar-refractivity contribution in [3.8, 4) is 0 Å². The fourth-order valence-electron chi connectivity index (χ4n) is 2.14. The Morgan fingerprint density at radius 2 is 2.00 bits per heavy atom. The molecule has 0 aromatic heterocycles. The molecular weight excluding hydrogens is 226 g/mol. The fraction of sp³-hybridized carbons (Fsp3) is 1.00. The number of rotatable bonds is 6. The normalized spacial score (nSPS) is 22.7. The first-order valence-electron chi connectivity index (χ1n) is 7.08. The highest BCUT2D eigenvalue weighted by atomic mass is 16.5. The van der Waals surface area contributed by atoms with Gasteiger partial charge in [0.25, 0.3) is 0 Å². The van der Waals surface area contributed by atoms with Crippen LogP contribution in [0.15, 0.2) is 0 Å². The largest absolute Gasteiger partial charge is 0.379 e. The second-order valence-electron chi connectivity index (χ2n) is 6.59. The molecule has 1 aliphatic rings. The summed E-state index contributed by atoms with van der Waals surface area (Å²) in [4.78, 5) is 4.67. The van der Waals surface area contributed by atoms with Crippen molar-refractivity contribution in [3.05, 3.63) is 0 Å². The molecule has 18 heavy (non-hydrogen) atoms. The lowest BCUT2D eigenvalue weighted by Gasteiger charge is -2.40. The molecular formula is C14H31N3O. The van der Waals surface area contributed by atoms with Crippen LogP contribution < -0.4 is 5.32 Å². The van der Waals surface area contributed by atoms with E-state index in [1.54, 1.807) is 0 Å². The number of likely N-dealkylation sites (N-methyl/N-ethyl adjacent to an activating group) is 1. The smallest absolute Gasteiger partial charge is 0.0594 e. The number of hydrogen-bond acceptors (Lipinski definition) is 4. The molecule has 1 rings (SSSR count). The molecule has 0 aromatic rings. The highest BCUT2D eigenvalue weighted by molar-refractivity contribution is 4.87. The summed E-state index contributed by atoms with van der Waals surface area (Å²) in [5.41, 5.74) is 0.338. The van der Waals surface area contributed by atoms with E-state index in [-0.39, 0.29) is 0 Å². The van der Waals surface area contributed by atoms with Crippen molar-refractivity contribution >= 4 is 0 Å². The number of hydrogen-bond donors (Lipinski definition) is 1. The summed E-state index contributed by atoms with van der Waals surface area (Å²) in [6.45, 7) is 14.1. The first kappa shape index (κ1) is 15.9. The van der Waals surface area contributed by atoms with Crippen LogP contribution >= 0.6 is 0 Å². The molecule has 0 saturated carbocycles. The molecule has 1 aliphatic heterocycles. The van der Waals surface area contributed by atoms with Crippen LogP contribution in [-0.2, 0) is 4.74 Å². The zero-order chi connectivity index (χ0) is 13.6. The van der Waals surface area contributed by atoms with Gasteiger partial charge >= 0.3 is 0 Å². The number of ether oxygens (including phenoxy) is 1. The lowest BCUT2D eigenvalue weighted by atomic mass is 9.85. The van der Waals surface area contributed by atoms with Crippen LogP contribution in [0.1, 0.15) is 20.8 Å². The van der Waals surface area contributed by atoms with Gasteiger partial charge in [-0.25, -0.2) is 0 Å². The van der Waals surface area contributed by atoms with Crippen molar-refractivity contribution < 1.29 is 4.74 Å². The minimum atomic E-state index is 0.338. The lowest BCUT2D eigenvalue weighted by Crippen LogP contribution is -2.56. The van der Waals surface area contributed by atoms with E-state index < -0.39 is 0 Å². The molecule has 1 unspecified atom stereocenters. The van der Waals surface area contributed by atoms with Crippen molar-refractivity contribution in [2.75, 3.05) is 60.0 Å². The summed E-state index contributed by atoms with van der Waals surface area (Å²) in [7, 11) is 4.15. The zero-order valence-electron chi connectivity index (χ0n) is 12.8. The summed E-state index contributed by atoms with van der Waals surface area (Å²) < 4.78 is 5.66. The van der Waals surface area contributed by atoms with Gasteiger partial charge in [-0.2, -0.15) is 0 Å². The molecule has 108 valence electrons. The van der Waals surface area contributed by atoms with E-state index in [1.165, 1.54) is 0 Å². The Labute approximate surface area is 113 Å². The minimum Gasteiger partial charge on any atom is -0.379 e. The van der Waals surface area contributed by atoms with Gasteiger partial charge in [-0.15, -0.1) is 0 Å². The lowest BCUT2D eigenvalue weighted by molar-refractivity contribution is 0.0701. The molecule has 1 saturated heterocycles. The van der Waals surface area contributed by atoms with E-state index >= 15 is 0 Å². The van der Waals surface area contributed by atoms with Gasteiger partial charge in [-0.3, -0.25) is 4.90 Å². The third kappa shape index (κ3) is 6.14.